The van der Waals surface area contributed by atoms with Crippen LogP contribution in [0.5, 0.6) is 0 Å². The van der Waals surface area contributed by atoms with Gasteiger partial charge >= 0.3 is 0 Å². The van der Waals surface area contributed by atoms with Crippen LogP contribution < -0.4 is 0 Å². The Kier molecular flexibility index (Phi) is 6.45. The summed E-state index contributed by atoms with van der Waals surface area (Å²) in [6.07, 6.45) is 5.28. The van der Waals surface area contributed by atoms with Crippen molar-refractivity contribution in [1.82, 2.24) is 0 Å². The average Bonchev–Trinajstić information content (AvgIpc) is 1.61. The molecule has 1 aliphatic rings. The second kappa shape index (κ2) is 6.70. The molecular formula is C7H14O. The van der Waals surface area contributed by atoms with Gasteiger partial charge in [-0.25, -0.2) is 0 Å². The van der Waals surface area contributed by atoms with Gasteiger partial charge in [0.05, 0.1) is 0 Å². The van der Waals surface area contributed by atoms with Crippen LogP contribution in [0.25, 0.3) is 0 Å². The van der Waals surface area contributed by atoms with Crippen LogP contribution in [0.2, 0.25) is 0 Å². The highest BCUT2D eigenvalue weighted by Crippen LogP contribution is 1.93. The molecule has 1 saturated heterocycles. The van der Waals surface area contributed by atoms with Gasteiger partial charge in [-0.15, -0.1) is 0 Å². The van der Waals surface area contributed by atoms with Crippen LogP contribution >= 0.6 is 0 Å². The van der Waals surface area contributed by atoms with Gasteiger partial charge in [0.1, 0.15) is 0 Å². The Morgan fingerprint density at radius 2 is 1.38 bits per heavy atom. The molecule has 0 aromatic heterocycles. The summed E-state index contributed by atoms with van der Waals surface area (Å²) in [6.45, 7) is 6.00. The van der Waals surface area contributed by atoms with E-state index in [1.165, 1.54) is 6.42 Å². The van der Waals surface area contributed by atoms with Crippen LogP contribution in [0.1, 0.15) is 20.3 Å². The number of rotatable bonds is 0. The monoisotopic (exact) mass is 114 g/mol. The Morgan fingerprint density at radius 3 is 1.38 bits per heavy atom. The van der Waals surface area contributed by atoms with Gasteiger partial charge in [0.25, 0.3) is 0 Å². The summed E-state index contributed by atoms with van der Waals surface area (Å²) in [7, 11) is 0. The maximum absolute atomic E-state index is 4.72. The topological polar surface area (TPSA) is 9.23 Å². The predicted molar refractivity (Wildman–Crippen MR) is 35.9 cm³/mol. The molecule has 1 heteroatoms. The van der Waals surface area contributed by atoms with Gasteiger partial charge in [0.15, 0.2) is 0 Å². The zero-order chi connectivity index (χ0) is 6.24. The molecule has 0 radical (unpaired) electrons. The molecule has 0 N–H and O–H groups in total. The summed E-state index contributed by atoms with van der Waals surface area (Å²) in [5.41, 5.74) is 0. The van der Waals surface area contributed by atoms with E-state index in [-0.39, 0.29) is 0 Å². The van der Waals surface area contributed by atoms with E-state index in [4.69, 9.17) is 4.74 Å². The summed E-state index contributed by atoms with van der Waals surface area (Å²) < 4.78 is 4.72. The van der Waals surface area contributed by atoms with Crippen molar-refractivity contribution in [3.05, 3.63) is 12.2 Å². The van der Waals surface area contributed by atoms with Crippen molar-refractivity contribution in [3.63, 3.8) is 0 Å². The largest absolute Gasteiger partial charge is 0.381 e. The van der Waals surface area contributed by atoms with E-state index in [0.29, 0.717) is 0 Å². The highest BCUT2D eigenvalue weighted by molar-refractivity contribution is 4.68. The van der Waals surface area contributed by atoms with Crippen LogP contribution in [0, 0.1) is 0 Å². The van der Waals surface area contributed by atoms with Crippen molar-refractivity contribution in [2.24, 2.45) is 0 Å². The molecule has 1 fully saturated rings. The predicted octanol–water partition coefficient (Wildman–Crippen LogP) is 1.99. The highest BCUT2D eigenvalue weighted by Gasteiger charge is 1.94. The molecule has 0 spiro atoms. The quantitative estimate of drug-likeness (QED) is 0.437. The first kappa shape index (κ1) is 7.70. The van der Waals surface area contributed by atoms with Crippen molar-refractivity contribution in [2.45, 2.75) is 20.3 Å². The third kappa shape index (κ3) is 5.70. The molecule has 1 rings (SSSR count). The SMILES string of the molecule is C1COC1.CC=CC. The molecule has 0 amide bonds. The van der Waals surface area contributed by atoms with Crippen LogP contribution in [0.3, 0.4) is 0 Å². The minimum Gasteiger partial charge on any atom is -0.381 e. The maximum atomic E-state index is 4.72. The van der Waals surface area contributed by atoms with E-state index in [1.54, 1.807) is 0 Å². The molecule has 0 atom stereocenters. The first-order chi connectivity index (χ1) is 3.91. The summed E-state index contributed by atoms with van der Waals surface area (Å²) in [4.78, 5) is 0. The lowest BCUT2D eigenvalue weighted by molar-refractivity contribution is 0.0367. The molecule has 0 saturated carbocycles. The molecule has 8 heavy (non-hydrogen) atoms. The number of hydrogen-bond acceptors (Lipinski definition) is 1. The van der Waals surface area contributed by atoms with Gasteiger partial charge in [0.2, 0.25) is 0 Å². The summed E-state index contributed by atoms with van der Waals surface area (Å²) in [5, 5.41) is 0. The van der Waals surface area contributed by atoms with Crippen molar-refractivity contribution >= 4 is 0 Å². The second-order valence-corrected chi connectivity index (χ2v) is 1.63. The number of hydrogen-bond donors (Lipinski definition) is 0. The molecular weight excluding hydrogens is 100 g/mol. The van der Waals surface area contributed by atoms with E-state index in [0.717, 1.165) is 13.2 Å². The van der Waals surface area contributed by atoms with E-state index < -0.39 is 0 Å². The van der Waals surface area contributed by atoms with Gasteiger partial charge < -0.3 is 4.74 Å². The van der Waals surface area contributed by atoms with Crippen LogP contribution in [-0.4, -0.2) is 13.2 Å². The lowest BCUT2D eigenvalue weighted by Crippen LogP contribution is -2.09. The fourth-order valence-electron chi connectivity index (χ4n) is 0.144. The van der Waals surface area contributed by atoms with Crippen LogP contribution in [-0.2, 0) is 4.74 Å². The van der Waals surface area contributed by atoms with Crippen LogP contribution in [0.4, 0.5) is 0 Å². The Balaban J connectivity index is 0.000000122. The molecule has 0 aromatic carbocycles. The summed E-state index contributed by atoms with van der Waals surface area (Å²) in [6, 6.07) is 0. The fourth-order valence-corrected chi connectivity index (χ4v) is 0.144. The van der Waals surface area contributed by atoms with Gasteiger partial charge in [-0.05, 0) is 20.3 Å². The Labute approximate surface area is 51.4 Å². The first-order valence-corrected chi connectivity index (χ1v) is 3.07. The van der Waals surface area contributed by atoms with Crippen molar-refractivity contribution in [3.8, 4) is 0 Å². The van der Waals surface area contributed by atoms with Gasteiger partial charge in [-0.2, -0.15) is 0 Å². The summed E-state index contributed by atoms with van der Waals surface area (Å²) >= 11 is 0. The molecule has 0 bridgehead atoms. The molecule has 0 aliphatic carbocycles. The maximum Gasteiger partial charge on any atom is 0.0488 e. The number of allylic oxidation sites excluding steroid dienone is 2. The minimum atomic E-state index is 1.00. The molecule has 1 aliphatic heterocycles. The zero-order valence-electron chi connectivity index (χ0n) is 5.68. The Bertz CT molecular complexity index is 45.4. The third-order valence-electron chi connectivity index (χ3n) is 0.911. The Morgan fingerprint density at radius 1 is 1.12 bits per heavy atom. The molecule has 0 unspecified atom stereocenters. The van der Waals surface area contributed by atoms with E-state index in [2.05, 4.69) is 0 Å². The average molecular weight is 114 g/mol. The number of ether oxygens (including phenoxy) is 1. The Hall–Kier alpha value is -0.300. The third-order valence-corrected chi connectivity index (χ3v) is 0.911. The van der Waals surface area contributed by atoms with Crippen molar-refractivity contribution < 1.29 is 4.74 Å². The highest BCUT2D eigenvalue weighted by atomic mass is 16.5. The molecule has 1 nitrogen and oxygen atoms in total. The minimum absolute atomic E-state index is 1.00. The lowest BCUT2D eigenvalue weighted by Gasteiger charge is -2.09. The molecule has 48 valence electrons. The summed E-state index contributed by atoms with van der Waals surface area (Å²) in [5.74, 6) is 0. The molecule has 0 aromatic rings. The second-order valence-electron chi connectivity index (χ2n) is 1.63. The normalized spacial score (nSPS) is 16.8. The standard InChI is InChI=1S/C4H8.C3H6O/c1-3-4-2;1-2-4-3-1/h3-4H,1-2H3;1-3H2. The smallest absolute Gasteiger partial charge is 0.0488 e. The lowest BCUT2D eigenvalue weighted by atomic mass is 10.4. The fraction of sp³-hybridized carbons (Fsp3) is 0.714. The zero-order valence-corrected chi connectivity index (χ0v) is 5.68. The van der Waals surface area contributed by atoms with E-state index in [9.17, 15) is 0 Å². The van der Waals surface area contributed by atoms with Gasteiger partial charge in [-0.1, -0.05) is 12.2 Å². The van der Waals surface area contributed by atoms with Crippen molar-refractivity contribution in [2.75, 3.05) is 13.2 Å². The molecule has 1 heterocycles. The first-order valence-electron chi connectivity index (χ1n) is 3.07. The van der Waals surface area contributed by atoms with Crippen LogP contribution in [0.15, 0.2) is 12.2 Å². The van der Waals surface area contributed by atoms with Crippen molar-refractivity contribution in [1.29, 1.82) is 0 Å². The van der Waals surface area contributed by atoms with Gasteiger partial charge in [0, 0.05) is 13.2 Å². The van der Waals surface area contributed by atoms with E-state index in [1.807, 2.05) is 26.0 Å². The van der Waals surface area contributed by atoms with E-state index >= 15 is 0 Å². The van der Waals surface area contributed by atoms with Gasteiger partial charge in [-0.3, -0.25) is 0 Å².